The molecule has 4 nitrogen and oxygen atoms in total. The first-order chi connectivity index (χ1) is 12.0. The lowest BCUT2D eigenvalue weighted by atomic mass is 10.2. The number of halogens is 3. The summed E-state index contributed by atoms with van der Waals surface area (Å²) in [5, 5.41) is 2.94. The third kappa shape index (κ3) is 5.03. The number of anilines is 1. The second kappa shape index (κ2) is 8.29. The van der Waals surface area contributed by atoms with Gasteiger partial charge >= 0.3 is 6.03 Å². The van der Waals surface area contributed by atoms with Crippen molar-refractivity contribution in [2.45, 2.75) is 6.54 Å². The maximum absolute atomic E-state index is 13.0. The van der Waals surface area contributed by atoms with Gasteiger partial charge in [-0.1, -0.05) is 28.1 Å². The van der Waals surface area contributed by atoms with Crippen molar-refractivity contribution in [2.75, 3.05) is 31.5 Å². The van der Waals surface area contributed by atoms with Gasteiger partial charge in [-0.15, -0.1) is 0 Å². The number of carbonyl (C=O) groups is 1. The highest BCUT2D eigenvalue weighted by molar-refractivity contribution is 9.11. The van der Waals surface area contributed by atoms with Crippen molar-refractivity contribution in [1.29, 1.82) is 0 Å². The molecule has 0 atom stereocenters. The Bertz CT molecular complexity index is 746. The van der Waals surface area contributed by atoms with Crippen molar-refractivity contribution in [3.05, 3.63) is 62.8 Å². The molecule has 1 aliphatic rings. The van der Waals surface area contributed by atoms with E-state index in [1.165, 1.54) is 12.1 Å². The number of amides is 2. The summed E-state index contributed by atoms with van der Waals surface area (Å²) in [6, 6.07) is 12.1. The van der Waals surface area contributed by atoms with Gasteiger partial charge < -0.3 is 10.2 Å². The van der Waals surface area contributed by atoms with E-state index in [4.69, 9.17) is 0 Å². The van der Waals surface area contributed by atoms with Crippen molar-refractivity contribution >= 4 is 43.6 Å². The molecule has 25 heavy (non-hydrogen) atoms. The molecule has 0 unspecified atom stereocenters. The Hall–Kier alpha value is -1.44. The minimum absolute atomic E-state index is 0.0931. The third-order valence-corrected chi connectivity index (χ3v) is 5.30. The van der Waals surface area contributed by atoms with Gasteiger partial charge in [0.05, 0.1) is 5.69 Å². The van der Waals surface area contributed by atoms with Gasteiger partial charge in [-0.2, -0.15) is 0 Å². The average molecular weight is 471 g/mol. The summed E-state index contributed by atoms with van der Waals surface area (Å²) in [4.78, 5) is 16.5. The summed E-state index contributed by atoms with van der Waals surface area (Å²) in [7, 11) is 0. The average Bonchev–Trinajstić information content (AvgIpc) is 2.60. The first kappa shape index (κ1) is 18.4. The molecular weight excluding hydrogens is 453 g/mol. The molecule has 2 amide bonds. The van der Waals surface area contributed by atoms with E-state index in [0.717, 1.165) is 39.8 Å². The zero-order valence-corrected chi connectivity index (χ0v) is 16.7. The molecule has 1 saturated heterocycles. The Morgan fingerprint density at radius 3 is 2.36 bits per heavy atom. The number of benzene rings is 2. The van der Waals surface area contributed by atoms with Crippen molar-refractivity contribution in [3.8, 4) is 0 Å². The van der Waals surface area contributed by atoms with Gasteiger partial charge in [0.1, 0.15) is 5.82 Å². The van der Waals surface area contributed by atoms with Crippen LogP contribution in [-0.4, -0.2) is 42.0 Å². The Balaban J connectivity index is 1.51. The van der Waals surface area contributed by atoms with Gasteiger partial charge in [0.25, 0.3) is 0 Å². The third-order valence-electron chi connectivity index (χ3n) is 4.15. The second-order valence-corrected chi connectivity index (χ2v) is 7.71. The van der Waals surface area contributed by atoms with Crippen molar-refractivity contribution in [2.24, 2.45) is 0 Å². The van der Waals surface area contributed by atoms with E-state index in [1.54, 1.807) is 12.1 Å². The molecule has 1 aliphatic heterocycles. The van der Waals surface area contributed by atoms with E-state index in [9.17, 15) is 9.18 Å². The number of nitrogens with one attached hydrogen (secondary N) is 1. The van der Waals surface area contributed by atoms with E-state index in [-0.39, 0.29) is 11.8 Å². The van der Waals surface area contributed by atoms with E-state index in [1.807, 2.05) is 23.1 Å². The Morgan fingerprint density at radius 1 is 1.04 bits per heavy atom. The van der Waals surface area contributed by atoms with E-state index in [0.29, 0.717) is 13.1 Å². The second-order valence-electron chi connectivity index (χ2n) is 5.94. The van der Waals surface area contributed by atoms with Gasteiger partial charge in [0.2, 0.25) is 0 Å². The predicted octanol–water partition coefficient (Wildman–Crippen LogP) is 4.70. The largest absolute Gasteiger partial charge is 0.322 e. The normalized spacial score (nSPS) is 15.2. The fourth-order valence-corrected chi connectivity index (χ4v) is 3.89. The number of hydrogen-bond donors (Lipinski definition) is 1. The SMILES string of the molecule is O=C(Nc1ccc(Br)cc1Br)N1CCN(Cc2ccc(F)cc2)CC1. The molecule has 132 valence electrons. The maximum atomic E-state index is 13.0. The highest BCUT2D eigenvalue weighted by atomic mass is 79.9. The quantitative estimate of drug-likeness (QED) is 0.705. The van der Waals surface area contributed by atoms with Crippen LogP contribution in [0.25, 0.3) is 0 Å². The number of hydrogen-bond acceptors (Lipinski definition) is 2. The summed E-state index contributed by atoms with van der Waals surface area (Å²) >= 11 is 6.85. The van der Waals surface area contributed by atoms with Gasteiger partial charge in [-0.3, -0.25) is 4.90 Å². The summed E-state index contributed by atoms with van der Waals surface area (Å²) in [5.41, 5.74) is 1.83. The standard InChI is InChI=1S/C18H18Br2FN3O/c19-14-3-6-17(16(20)11-14)22-18(25)24-9-7-23(8-10-24)12-13-1-4-15(21)5-2-13/h1-6,11H,7-10,12H2,(H,22,25). The maximum Gasteiger partial charge on any atom is 0.321 e. The molecule has 1 N–H and O–H groups in total. The van der Waals surface area contributed by atoms with E-state index >= 15 is 0 Å². The molecule has 0 spiro atoms. The van der Waals surface area contributed by atoms with Crippen LogP contribution in [0.5, 0.6) is 0 Å². The van der Waals surface area contributed by atoms with Crippen LogP contribution in [0.4, 0.5) is 14.9 Å². The lowest BCUT2D eigenvalue weighted by Crippen LogP contribution is -2.49. The number of rotatable bonds is 3. The lowest BCUT2D eigenvalue weighted by Gasteiger charge is -2.34. The number of urea groups is 1. The van der Waals surface area contributed by atoms with E-state index in [2.05, 4.69) is 42.1 Å². The van der Waals surface area contributed by atoms with Crippen molar-refractivity contribution < 1.29 is 9.18 Å². The monoisotopic (exact) mass is 469 g/mol. The van der Waals surface area contributed by atoms with Crippen LogP contribution in [0.1, 0.15) is 5.56 Å². The smallest absolute Gasteiger partial charge is 0.321 e. The van der Waals surface area contributed by atoms with Crippen LogP contribution in [0.15, 0.2) is 51.4 Å². The Morgan fingerprint density at radius 2 is 1.72 bits per heavy atom. The molecule has 1 heterocycles. The van der Waals surface area contributed by atoms with Gasteiger partial charge in [-0.25, -0.2) is 9.18 Å². The number of nitrogens with zero attached hydrogens (tertiary/aromatic N) is 2. The summed E-state index contributed by atoms with van der Waals surface area (Å²) in [6.45, 7) is 3.70. The highest BCUT2D eigenvalue weighted by Gasteiger charge is 2.21. The lowest BCUT2D eigenvalue weighted by molar-refractivity contribution is 0.143. The molecule has 7 heteroatoms. The first-order valence-electron chi connectivity index (χ1n) is 7.99. The number of piperazine rings is 1. The zero-order valence-electron chi connectivity index (χ0n) is 13.5. The summed E-state index contributed by atoms with van der Waals surface area (Å²) < 4.78 is 14.8. The summed E-state index contributed by atoms with van der Waals surface area (Å²) in [5.74, 6) is -0.218. The first-order valence-corrected chi connectivity index (χ1v) is 9.57. The Kier molecular flexibility index (Phi) is 6.09. The molecular formula is C18H18Br2FN3O. The topological polar surface area (TPSA) is 35.6 Å². The molecule has 3 rings (SSSR count). The molecule has 0 aromatic heterocycles. The van der Waals surface area contributed by atoms with Gasteiger partial charge in [0.15, 0.2) is 0 Å². The van der Waals surface area contributed by atoms with Crippen LogP contribution >= 0.6 is 31.9 Å². The van der Waals surface area contributed by atoms with Crippen LogP contribution in [0.2, 0.25) is 0 Å². The molecule has 1 fully saturated rings. The summed E-state index contributed by atoms with van der Waals surface area (Å²) in [6.07, 6.45) is 0. The molecule has 0 bridgehead atoms. The van der Waals surface area contributed by atoms with E-state index < -0.39 is 0 Å². The van der Waals surface area contributed by atoms with Gasteiger partial charge in [-0.05, 0) is 51.8 Å². The van der Waals surface area contributed by atoms with Crippen molar-refractivity contribution in [1.82, 2.24) is 9.80 Å². The van der Waals surface area contributed by atoms with Crippen LogP contribution in [0, 0.1) is 5.82 Å². The zero-order chi connectivity index (χ0) is 17.8. The van der Waals surface area contributed by atoms with Crippen LogP contribution in [-0.2, 0) is 6.54 Å². The minimum Gasteiger partial charge on any atom is -0.322 e. The van der Waals surface area contributed by atoms with Crippen molar-refractivity contribution in [3.63, 3.8) is 0 Å². The van der Waals surface area contributed by atoms with Crippen LogP contribution < -0.4 is 5.32 Å². The fraction of sp³-hybridized carbons (Fsp3) is 0.278. The molecule has 2 aromatic rings. The number of carbonyl (C=O) groups excluding carboxylic acids is 1. The predicted molar refractivity (Wildman–Crippen MR) is 104 cm³/mol. The molecule has 0 radical (unpaired) electrons. The minimum atomic E-state index is -0.218. The highest BCUT2D eigenvalue weighted by Crippen LogP contribution is 2.26. The molecule has 2 aromatic carbocycles. The van der Waals surface area contributed by atoms with Gasteiger partial charge in [0, 0.05) is 41.7 Å². The molecule has 0 saturated carbocycles. The Labute approximate surface area is 163 Å². The fourth-order valence-electron chi connectivity index (χ4n) is 2.74. The molecule has 0 aliphatic carbocycles. The van der Waals surface area contributed by atoms with Crippen LogP contribution in [0.3, 0.4) is 0 Å².